The van der Waals surface area contributed by atoms with Crippen LogP contribution in [0.4, 0.5) is 0 Å². The fraction of sp³-hybridized carbons (Fsp3) is 0.714. The van der Waals surface area contributed by atoms with E-state index in [1.165, 1.54) is 0 Å². The number of aliphatic carboxylic acids is 1. The van der Waals surface area contributed by atoms with Gasteiger partial charge in [-0.2, -0.15) is 0 Å². The minimum atomic E-state index is -0.954. The molecule has 0 aromatic carbocycles. The van der Waals surface area contributed by atoms with Gasteiger partial charge in [0.25, 0.3) is 0 Å². The minimum absolute atomic E-state index is 0.0984. The Hall–Kier alpha value is -0.860. The van der Waals surface area contributed by atoms with E-state index >= 15 is 0 Å². The summed E-state index contributed by atoms with van der Waals surface area (Å²) in [4.78, 5) is 21.2. The number of carbonyl (C=O) groups excluding carboxylic acids is 1. The van der Waals surface area contributed by atoms with Crippen molar-refractivity contribution in [1.29, 1.82) is 0 Å². The normalized spacial score (nSPS) is 26.4. The molecular formula is C7H10O3. The van der Waals surface area contributed by atoms with E-state index in [0.29, 0.717) is 12.8 Å². The first-order valence-corrected chi connectivity index (χ1v) is 3.47. The molecule has 1 rings (SSSR count). The number of Topliss-reactive ketones (excluding diaryl/α,β-unsaturated/α-hetero) is 1. The Bertz CT molecular complexity index is 162. The lowest BCUT2D eigenvalue weighted by Gasteiger charge is -2.15. The maximum absolute atomic E-state index is 10.9. The van der Waals surface area contributed by atoms with Gasteiger partial charge in [0, 0.05) is 6.42 Å². The van der Waals surface area contributed by atoms with Crippen LogP contribution in [0.5, 0.6) is 0 Å². The van der Waals surface area contributed by atoms with Crippen LogP contribution in [0, 0.1) is 5.92 Å². The molecule has 56 valence electrons. The number of rotatable bonds is 1. The molecule has 0 heterocycles. The van der Waals surface area contributed by atoms with Crippen molar-refractivity contribution in [3.05, 3.63) is 0 Å². The molecule has 1 N–H and O–H groups in total. The van der Waals surface area contributed by atoms with Crippen LogP contribution in [0.15, 0.2) is 0 Å². The van der Waals surface area contributed by atoms with Gasteiger partial charge in [0.1, 0.15) is 11.7 Å². The predicted octanol–water partition coefficient (Wildman–Crippen LogP) is 0.830. The molecule has 0 aromatic rings. The summed E-state index contributed by atoms with van der Waals surface area (Å²) in [6, 6.07) is 0. The number of hydrogen-bond donors (Lipinski definition) is 1. The maximum Gasteiger partial charge on any atom is 0.314 e. The van der Waals surface area contributed by atoms with Crippen LogP contribution >= 0.6 is 0 Å². The standard InChI is InChI=1S/C7H10O3/c8-6-4-2-1-3-5(6)7(9)10/h5H,1-4H2,(H,9,10)/t5-/m0/s1. The van der Waals surface area contributed by atoms with Crippen molar-refractivity contribution < 1.29 is 14.7 Å². The zero-order valence-corrected chi connectivity index (χ0v) is 5.67. The largest absolute Gasteiger partial charge is 0.481 e. The highest BCUT2D eigenvalue weighted by Gasteiger charge is 2.27. The van der Waals surface area contributed by atoms with Gasteiger partial charge in [-0.1, -0.05) is 6.42 Å². The lowest BCUT2D eigenvalue weighted by atomic mass is 9.88. The van der Waals surface area contributed by atoms with E-state index in [1.807, 2.05) is 0 Å². The molecule has 0 unspecified atom stereocenters. The van der Waals surface area contributed by atoms with Crippen molar-refractivity contribution in [3.8, 4) is 0 Å². The second-order valence-electron chi connectivity index (χ2n) is 2.60. The van der Waals surface area contributed by atoms with Crippen molar-refractivity contribution in [3.63, 3.8) is 0 Å². The molecule has 10 heavy (non-hydrogen) atoms. The highest BCUT2D eigenvalue weighted by Crippen LogP contribution is 2.20. The molecule has 1 aliphatic carbocycles. The monoisotopic (exact) mass is 142 g/mol. The molecule has 0 bridgehead atoms. The van der Waals surface area contributed by atoms with Gasteiger partial charge >= 0.3 is 5.97 Å². The first-order valence-electron chi connectivity index (χ1n) is 3.47. The Kier molecular flexibility index (Phi) is 2.04. The number of carbonyl (C=O) groups is 2. The Balaban J connectivity index is 2.56. The molecule has 1 atom stereocenters. The molecule has 0 spiro atoms. The van der Waals surface area contributed by atoms with Crippen LogP contribution in [0.3, 0.4) is 0 Å². The summed E-state index contributed by atoms with van der Waals surface area (Å²) < 4.78 is 0. The summed E-state index contributed by atoms with van der Waals surface area (Å²) in [5, 5.41) is 8.49. The topological polar surface area (TPSA) is 54.4 Å². The third kappa shape index (κ3) is 1.35. The van der Waals surface area contributed by atoms with Crippen molar-refractivity contribution in [2.24, 2.45) is 5.92 Å². The van der Waals surface area contributed by atoms with E-state index in [4.69, 9.17) is 5.11 Å². The van der Waals surface area contributed by atoms with Crippen LogP contribution in [0.25, 0.3) is 0 Å². The van der Waals surface area contributed by atoms with Crippen molar-refractivity contribution in [2.75, 3.05) is 0 Å². The maximum atomic E-state index is 10.9. The summed E-state index contributed by atoms with van der Waals surface area (Å²) in [7, 11) is 0. The van der Waals surface area contributed by atoms with E-state index < -0.39 is 11.9 Å². The lowest BCUT2D eigenvalue weighted by Crippen LogP contribution is -2.26. The summed E-state index contributed by atoms with van der Waals surface area (Å²) in [6.07, 6.45) is 2.73. The van der Waals surface area contributed by atoms with E-state index in [-0.39, 0.29) is 5.78 Å². The molecule has 0 amide bonds. The van der Waals surface area contributed by atoms with Gasteiger partial charge in [-0.05, 0) is 12.8 Å². The zero-order chi connectivity index (χ0) is 7.56. The smallest absolute Gasteiger partial charge is 0.314 e. The molecule has 1 saturated carbocycles. The number of carboxylic acids is 1. The highest BCUT2D eigenvalue weighted by atomic mass is 16.4. The third-order valence-corrected chi connectivity index (χ3v) is 1.85. The average molecular weight is 142 g/mol. The molecule has 3 nitrogen and oxygen atoms in total. The van der Waals surface area contributed by atoms with E-state index in [1.54, 1.807) is 0 Å². The minimum Gasteiger partial charge on any atom is -0.481 e. The van der Waals surface area contributed by atoms with Gasteiger partial charge in [-0.25, -0.2) is 0 Å². The summed E-state index contributed by atoms with van der Waals surface area (Å²) in [6.45, 7) is 0. The Labute approximate surface area is 59.0 Å². The van der Waals surface area contributed by atoms with Crippen molar-refractivity contribution >= 4 is 11.8 Å². The first kappa shape index (κ1) is 7.25. The Morgan fingerprint density at radius 1 is 1.50 bits per heavy atom. The van der Waals surface area contributed by atoms with Crippen LogP contribution in [0.2, 0.25) is 0 Å². The Morgan fingerprint density at radius 3 is 2.60 bits per heavy atom. The van der Waals surface area contributed by atoms with Gasteiger partial charge < -0.3 is 5.11 Å². The molecule has 0 radical (unpaired) electrons. The van der Waals surface area contributed by atoms with Crippen LogP contribution < -0.4 is 0 Å². The van der Waals surface area contributed by atoms with Gasteiger partial charge in [-0.3, -0.25) is 9.59 Å². The fourth-order valence-corrected chi connectivity index (χ4v) is 1.24. The molecule has 1 fully saturated rings. The van der Waals surface area contributed by atoms with Gasteiger partial charge in [0.15, 0.2) is 0 Å². The van der Waals surface area contributed by atoms with Gasteiger partial charge in [0.05, 0.1) is 0 Å². The van der Waals surface area contributed by atoms with Gasteiger partial charge in [-0.15, -0.1) is 0 Å². The number of hydrogen-bond acceptors (Lipinski definition) is 2. The van der Waals surface area contributed by atoms with Crippen molar-refractivity contribution in [2.45, 2.75) is 25.7 Å². The molecular weight excluding hydrogens is 132 g/mol. The van der Waals surface area contributed by atoms with Crippen LogP contribution in [0.1, 0.15) is 25.7 Å². The number of ketones is 1. The Morgan fingerprint density at radius 2 is 2.20 bits per heavy atom. The lowest BCUT2D eigenvalue weighted by molar-refractivity contribution is -0.147. The summed E-state index contributed by atoms with van der Waals surface area (Å²) in [5.74, 6) is -1.75. The number of carboxylic acid groups (broad SMARTS) is 1. The molecule has 0 aliphatic heterocycles. The van der Waals surface area contributed by atoms with E-state index in [0.717, 1.165) is 12.8 Å². The van der Waals surface area contributed by atoms with Crippen molar-refractivity contribution in [1.82, 2.24) is 0 Å². The third-order valence-electron chi connectivity index (χ3n) is 1.85. The van der Waals surface area contributed by atoms with Crippen LogP contribution in [-0.4, -0.2) is 16.9 Å². The van der Waals surface area contributed by atoms with E-state index in [2.05, 4.69) is 0 Å². The quantitative estimate of drug-likeness (QED) is 0.552. The van der Waals surface area contributed by atoms with Crippen LogP contribution in [-0.2, 0) is 9.59 Å². The first-order chi connectivity index (χ1) is 4.72. The fourth-order valence-electron chi connectivity index (χ4n) is 1.24. The summed E-state index contributed by atoms with van der Waals surface area (Å²) in [5.41, 5.74) is 0. The molecule has 0 saturated heterocycles. The second-order valence-corrected chi connectivity index (χ2v) is 2.60. The molecule has 3 heteroatoms. The average Bonchev–Trinajstić information content (AvgIpc) is 1.88. The van der Waals surface area contributed by atoms with Gasteiger partial charge in [0.2, 0.25) is 0 Å². The second kappa shape index (κ2) is 2.82. The SMILES string of the molecule is O=C(O)[C@H]1CCCCC1=O. The predicted molar refractivity (Wildman–Crippen MR) is 34.6 cm³/mol. The molecule has 0 aromatic heterocycles. The van der Waals surface area contributed by atoms with E-state index in [9.17, 15) is 9.59 Å². The highest BCUT2D eigenvalue weighted by molar-refractivity contribution is 5.98. The summed E-state index contributed by atoms with van der Waals surface area (Å²) >= 11 is 0. The molecule has 1 aliphatic rings. The zero-order valence-electron chi connectivity index (χ0n) is 5.67.